The van der Waals surface area contributed by atoms with Crippen LogP contribution in [-0.2, 0) is 4.74 Å². The number of nitrogen functional groups attached to an aromatic ring is 1. The van der Waals surface area contributed by atoms with Gasteiger partial charge in [-0.05, 0) is 24.6 Å². The molecule has 0 radical (unpaired) electrons. The summed E-state index contributed by atoms with van der Waals surface area (Å²) in [5, 5.41) is 2.79. The number of ether oxygens (including phenoxy) is 1. The van der Waals surface area contributed by atoms with Gasteiger partial charge in [-0.1, -0.05) is 6.92 Å². The molecule has 0 saturated heterocycles. The van der Waals surface area contributed by atoms with Crippen molar-refractivity contribution in [1.82, 2.24) is 5.32 Å². The number of methoxy groups -OCH3 is 1. The second-order valence-corrected chi connectivity index (χ2v) is 3.77. The van der Waals surface area contributed by atoms with E-state index in [1.165, 1.54) is 18.2 Å². The van der Waals surface area contributed by atoms with E-state index in [0.717, 1.165) is 6.42 Å². The monoisotopic (exact) mass is 240 g/mol. The molecule has 17 heavy (non-hydrogen) atoms. The number of nitrogens with two attached hydrogens (primary N) is 1. The molecule has 1 atom stereocenters. The summed E-state index contributed by atoms with van der Waals surface area (Å²) in [6, 6.07) is 3.85. The lowest BCUT2D eigenvalue weighted by Crippen LogP contribution is -2.37. The molecule has 1 unspecified atom stereocenters. The highest BCUT2D eigenvalue weighted by molar-refractivity contribution is 5.95. The van der Waals surface area contributed by atoms with Gasteiger partial charge >= 0.3 is 0 Å². The van der Waals surface area contributed by atoms with E-state index < -0.39 is 5.82 Å². The molecule has 94 valence electrons. The lowest BCUT2D eigenvalue weighted by molar-refractivity contribution is 0.0894. The molecule has 0 fully saturated rings. The van der Waals surface area contributed by atoms with E-state index in [1.807, 2.05) is 6.92 Å². The summed E-state index contributed by atoms with van der Waals surface area (Å²) in [7, 11) is 1.57. The third-order valence-corrected chi connectivity index (χ3v) is 2.45. The Hall–Kier alpha value is -1.62. The molecule has 0 aromatic heterocycles. The fraction of sp³-hybridized carbons (Fsp3) is 0.417. The number of amides is 1. The van der Waals surface area contributed by atoms with Crippen molar-refractivity contribution in [2.45, 2.75) is 19.4 Å². The summed E-state index contributed by atoms with van der Waals surface area (Å²) in [6.45, 7) is 2.39. The van der Waals surface area contributed by atoms with E-state index in [2.05, 4.69) is 5.32 Å². The first-order valence-corrected chi connectivity index (χ1v) is 5.43. The fourth-order valence-corrected chi connectivity index (χ4v) is 1.42. The number of halogens is 1. The molecule has 1 aromatic carbocycles. The van der Waals surface area contributed by atoms with E-state index >= 15 is 0 Å². The van der Waals surface area contributed by atoms with Gasteiger partial charge in [0.25, 0.3) is 5.91 Å². The number of benzene rings is 1. The van der Waals surface area contributed by atoms with Crippen molar-refractivity contribution in [3.05, 3.63) is 29.6 Å². The zero-order valence-corrected chi connectivity index (χ0v) is 10.00. The van der Waals surface area contributed by atoms with Crippen LogP contribution in [-0.4, -0.2) is 25.7 Å². The number of hydrogen-bond donors (Lipinski definition) is 2. The minimum Gasteiger partial charge on any atom is -0.396 e. The van der Waals surface area contributed by atoms with Crippen LogP contribution in [0.3, 0.4) is 0 Å². The third kappa shape index (κ3) is 3.71. The molecular formula is C12H17FN2O2. The Morgan fingerprint density at radius 3 is 2.82 bits per heavy atom. The molecular weight excluding hydrogens is 223 g/mol. The van der Waals surface area contributed by atoms with Crippen molar-refractivity contribution in [3.8, 4) is 0 Å². The van der Waals surface area contributed by atoms with Gasteiger partial charge < -0.3 is 15.8 Å². The van der Waals surface area contributed by atoms with Gasteiger partial charge in [0.15, 0.2) is 0 Å². The second-order valence-electron chi connectivity index (χ2n) is 3.77. The highest BCUT2D eigenvalue weighted by Crippen LogP contribution is 2.12. The van der Waals surface area contributed by atoms with E-state index in [0.29, 0.717) is 12.2 Å². The van der Waals surface area contributed by atoms with Crippen LogP contribution in [0.5, 0.6) is 0 Å². The van der Waals surface area contributed by atoms with Gasteiger partial charge in [-0.2, -0.15) is 0 Å². The lowest BCUT2D eigenvalue weighted by Gasteiger charge is -2.16. The van der Waals surface area contributed by atoms with Crippen LogP contribution in [0.2, 0.25) is 0 Å². The molecule has 0 heterocycles. The van der Waals surface area contributed by atoms with Gasteiger partial charge in [-0.3, -0.25) is 4.79 Å². The van der Waals surface area contributed by atoms with Crippen molar-refractivity contribution < 1.29 is 13.9 Å². The Labute approximate surface area is 100.0 Å². The summed E-state index contributed by atoms with van der Waals surface area (Å²) in [5.41, 5.74) is 5.72. The zero-order valence-electron chi connectivity index (χ0n) is 10.00. The lowest BCUT2D eigenvalue weighted by atomic mass is 10.1. The molecule has 0 aliphatic carbocycles. The fourth-order valence-electron chi connectivity index (χ4n) is 1.42. The molecule has 0 bridgehead atoms. The van der Waals surface area contributed by atoms with Crippen molar-refractivity contribution in [3.63, 3.8) is 0 Å². The average molecular weight is 240 g/mol. The first-order chi connectivity index (χ1) is 8.08. The highest BCUT2D eigenvalue weighted by atomic mass is 19.1. The van der Waals surface area contributed by atoms with Gasteiger partial charge in [0.1, 0.15) is 5.82 Å². The topological polar surface area (TPSA) is 64.3 Å². The maximum Gasteiger partial charge on any atom is 0.251 e. The summed E-state index contributed by atoms with van der Waals surface area (Å²) in [6.07, 6.45) is 0.760. The molecule has 0 spiro atoms. The van der Waals surface area contributed by atoms with Gasteiger partial charge in [-0.25, -0.2) is 4.39 Å². The van der Waals surface area contributed by atoms with Crippen LogP contribution >= 0.6 is 0 Å². The van der Waals surface area contributed by atoms with E-state index in [4.69, 9.17) is 10.5 Å². The van der Waals surface area contributed by atoms with Crippen LogP contribution in [0.15, 0.2) is 18.2 Å². The molecule has 0 saturated carbocycles. The molecule has 1 aromatic rings. The van der Waals surface area contributed by atoms with Crippen molar-refractivity contribution in [2.75, 3.05) is 19.5 Å². The Balaban J connectivity index is 2.72. The van der Waals surface area contributed by atoms with Gasteiger partial charge in [0.2, 0.25) is 0 Å². The number of carbonyl (C=O) groups is 1. The predicted molar refractivity (Wildman–Crippen MR) is 64.2 cm³/mol. The smallest absolute Gasteiger partial charge is 0.251 e. The molecule has 5 heteroatoms. The summed E-state index contributed by atoms with van der Waals surface area (Å²) in [5.74, 6) is -0.800. The maximum absolute atomic E-state index is 12.9. The van der Waals surface area contributed by atoms with Gasteiger partial charge in [-0.15, -0.1) is 0 Å². The summed E-state index contributed by atoms with van der Waals surface area (Å²) >= 11 is 0. The van der Waals surface area contributed by atoms with Crippen molar-refractivity contribution in [2.24, 2.45) is 0 Å². The van der Waals surface area contributed by atoms with Crippen LogP contribution in [0.1, 0.15) is 23.7 Å². The SMILES string of the molecule is CCC(COC)NC(=O)c1ccc(F)c(N)c1. The van der Waals surface area contributed by atoms with Crippen LogP contribution in [0, 0.1) is 5.82 Å². The van der Waals surface area contributed by atoms with E-state index in [1.54, 1.807) is 7.11 Å². The largest absolute Gasteiger partial charge is 0.396 e. The Kier molecular flexibility index (Phi) is 4.90. The van der Waals surface area contributed by atoms with Crippen LogP contribution in [0.25, 0.3) is 0 Å². The minimum absolute atomic E-state index is 0.0301. The quantitative estimate of drug-likeness (QED) is 0.768. The van der Waals surface area contributed by atoms with Crippen LogP contribution in [0.4, 0.5) is 10.1 Å². The summed E-state index contributed by atoms with van der Waals surface area (Å²) in [4.78, 5) is 11.8. The molecule has 3 N–H and O–H groups in total. The molecule has 4 nitrogen and oxygen atoms in total. The normalized spacial score (nSPS) is 12.2. The van der Waals surface area contributed by atoms with Crippen LogP contribution < -0.4 is 11.1 Å². The molecule has 0 aliphatic heterocycles. The second kappa shape index (κ2) is 6.20. The van der Waals surface area contributed by atoms with E-state index in [-0.39, 0.29) is 17.6 Å². The number of carbonyl (C=O) groups excluding carboxylic acids is 1. The number of rotatable bonds is 5. The predicted octanol–water partition coefficient (Wildman–Crippen LogP) is 1.56. The number of nitrogens with one attached hydrogen (secondary N) is 1. The highest BCUT2D eigenvalue weighted by Gasteiger charge is 2.12. The van der Waals surface area contributed by atoms with Crippen molar-refractivity contribution >= 4 is 11.6 Å². The average Bonchev–Trinajstić information content (AvgIpc) is 2.31. The third-order valence-electron chi connectivity index (χ3n) is 2.45. The number of anilines is 1. The Morgan fingerprint density at radius 1 is 1.59 bits per heavy atom. The first kappa shape index (κ1) is 13.4. The molecule has 1 rings (SSSR count). The van der Waals surface area contributed by atoms with E-state index in [9.17, 15) is 9.18 Å². The zero-order chi connectivity index (χ0) is 12.8. The number of hydrogen-bond acceptors (Lipinski definition) is 3. The Bertz CT molecular complexity index is 396. The van der Waals surface area contributed by atoms with Crippen molar-refractivity contribution in [1.29, 1.82) is 0 Å². The van der Waals surface area contributed by atoms with Gasteiger partial charge in [0.05, 0.1) is 18.3 Å². The first-order valence-electron chi connectivity index (χ1n) is 5.43. The molecule has 0 aliphatic rings. The minimum atomic E-state index is -0.523. The maximum atomic E-state index is 12.9. The summed E-state index contributed by atoms with van der Waals surface area (Å²) < 4.78 is 17.9. The van der Waals surface area contributed by atoms with Gasteiger partial charge in [0, 0.05) is 12.7 Å². The Morgan fingerprint density at radius 2 is 2.29 bits per heavy atom. The molecule has 1 amide bonds. The standard InChI is InChI=1S/C12H17FN2O2/c1-3-9(7-17-2)15-12(16)8-4-5-10(13)11(14)6-8/h4-6,9H,3,7,14H2,1-2H3,(H,15,16).